The molecule has 1 aromatic rings. The molecule has 2 atom stereocenters. The summed E-state index contributed by atoms with van der Waals surface area (Å²) in [6.45, 7) is 8.70. The van der Waals surface area contributed by atoms with E-state index in [0.717, 1.165) is 45.8 Å². The SMILES string of the molecule is CC1CNCCN1C(C(=O)N1CCN(C)CC1)c1cccs1. The average Bonchev–Trinajstić information content (AvgIpc) is 3.04. The largest absolute Gasteiger partial charge is 0.338 e. The van der Waals surface area contributed by atoms with Crippen molar-refractivity contribution in [1.82, 2.24) is 20.0 Å². The molecule has 2 aliphatic rings. The standard InChI is InChI=1S/C16H26N4OS/c1-13-12-17-5-6-20(13)15(14-4-3-11-22-14)16(21)19-9-7-18(2)8-10-19/h3-4,11,13,15,17H,5-10,12H2,1-2H3. The third-order valence-electron chi connectivity index (χ3n) is 4.75. The van der Waals surface area contributed by atoms with Gasteiger partial charge in [0.15, 0.2) is 0 Å². The maximum atomic E-state index is 13.2. The molecule has 1 amide bonds. The minimum atomic E-state index is -0.111. The predicted molar refractivity (Wildman–Crippen MR) is 90.2 cm³/mol. The summed E-state index contributed by atoms with van der Waals surface area (Å²) in [6, 6.07) is 4.44. The van der Waals surface area contributed by atoms with Crippen LogP contribution in [-0.4, -0.2) is 79.5 Å². The van der Waals surface area contributed by atoms with E-state index in [1.54, 1.807) is 11.3 Å². The van der Waals surface area contributed by atoms with Crippen LogP contribution in [0.5, 0.6) is 0 Å². The van der Waals surface area contributed by atoms with Crippen molar-refractivity contribution in [2.45, 2.75) is 19.0 Å². The zero-order valence-electron chi connectivity index (χ0n) is 13.5. The number of nitrogens with one attached hydrogen (secondary N) is 1. The Balaban J connectivity index is 1.80. The molecule has 5 nitrogen and oxygen atoms in total. The Kier molecular flexibility index (Phi) is 5.13. The number of rotatable bonds is 3. The summed E-state index contributed by atoms with van der Waals surface area (Å²) < 4.78 is 0. The van der Waals surface area contributed by atoms with Gasteiger partial charge in [-0.1, -0.05) is 6.07 Å². The minimum Gasteiger partial charge on any atom is -0.338 e. The molecule has 0 radical (unpaired) electrons. The Hall–Kier alpha value is -0.950. The Morgan fingerprint density at radius 2 is 2.09 bits per heavy atom. The molecule has 0 spiro atoms. The highest BCUT2D eigenvalue weighted by molar-refractivity contribution is 7.10. The normalized spacial score (nSPS) is 26.1. The van der Waals surface area contributed by atoms with Crippen LogP contribution >= 0.6 is 11.3 Å². The van der Waals surface area contributed by atoms with E-state index < -0.39 is 0 Å². The van der Waals surface area contributed by atoms with Crippen molar-refractivity contribution in [3.63, 3.8) is 0 Å². The highest BCUT2D eigenvalue weighted by atomic mass is 32.1. The molecule has 2 saturated heterocycles. The zero-order chi connectivity index (χ0) is 15.5. The predicted octanol–water partition coefficient (Wildman–Crippen LogP) is 0.857. The van der Waals surface area contributed by atoms with Crippen LogP contribution in [0.2, 0.25) is 0 Å². The van der Waals surface area contributed by atoms with E-state index in [1.807, 2.05) is 0 Å². The van der Waals surface area contributed by atoms with Crippen molar-refractivity contribution in [2.24, 2.45) is 0 Å². The second-order valence-electron chi connectivity index (χ2n) is 6.34. The quantitative estimate of drug-likeness (QED) is 0.896. The van der Waals surface area contributed by atoms with Crippen molar-refractivity contribution in [3.8, 4) is 0 Å². The van der Waals surface area contributed by atoms with Gasteiger partial charge in [-0.25, -0.2) is 0 Å². The summed E-state index contributed by atoms with van der Waals surface area (Å²) in [4.78, 5) is 21.1. The third-order valence-corrected chi connectivity index (χ3v) is 5.67. The van der Waals surface area contributed by atoms with E-state index in [9.17, 15) is 4.79 Å². The van der Waals surface area contributed by atoms with Crippen molar-refractivity contribution < 1.29 is 4.79 Å². The van der Waals surface area contributed by atoms with Crippen LogP contribution in [0.3, 0.4) is 0 Å². The smallest absolute Gasteiger partial charge is 0.245 e. The molecular weight excluding hydrogens is 296 g/mol. The zero-order valence-corrected chi connectivity index (χ0v) is 14.3. The van der Waals surface area contributed by atoms with Crippen molar-refractivity contribution >= 4 is 17.2 Å². The second kappa shape index (κ2) is 7.08. The van der Waals surface area contributed by atoms with Crippen LogP contribution in [0.25, 0.3) is 0 Å². The van der Waals surface area contributed by atoms with Crippen molar-refractivity contribution in [3.05, 3.63) is 22.4 Å². The molecule has 3 rings (SSSR count). The van der Waals surface area contributed by atoms with Crippen LogP contribution in [0.4, 0.5) is 0 Å². The topological polar surface area (TPSA) is 38.8 Å². The maximum absolute atomic E-state index is 13.2. The van der Waals surface area contributed by atoms with Gasteiger partial charge >= 0.3 is 0 Å². The summed E-state index contributed by atoms with van der Waals surface area (Å²) in [5, 5.41) is 5.49. The fraction of sp³-hybridized carbons (Fsp3) is 0.688. The number of piperazine rings is 2. The first-order valence-corrected chi connectivity index (χ1v) is 9.02. The van der Waals surface area contributed by atoms with Gasteiger partial charge in [0.05, 0.1) is 0 Å². The Morgan fingerprint density at radius 3 is 2.73 bits per heavy atom. The average molecular weight is 322 g/mol. The van der Waals surface area contributed by atoms with Gasteiger partial charge in [0, 0.05) is 56.7 Å². The molecule has 2 aliphatic heterocycles. The molecule has 0 saturated carbocycles. The maximum Gasteiger partial charge on any atom is 0.245 e. The van der Waals surface area contributed by atoms with E-state index in [4.69, 9.17) is 0 Å². The molecule has 0 aliphatic carbocycles. The van der Waals surface area contributed by atoms with Gasteiger partial charge in [-0.3, -0.25) is 9.69 Å². The molecule has 22 heavy (non-hydrogen) atoms. The fourth-order valence-electron chi connectivity index (χ4n) is 3.31. The molecule has 6 heteroatoms. The lowest BCUT2D eigenvalue weighted by atomic mass is 10.1. The summed E-state index contributed by atoms with van der Waals surface area (Å²) in [7, 11) is 2.12. The Labute approximate surface area is 136 Å². The molecule has 2 fully saturated rings. The highest BCUT2D eigenvalue weighted by Gasteiger charge is 2.36. The number of carbonyl (C=O) groups excluding carboxylic acids is 1. The summed E-state index contributed by atoms with van der Waals surface area (Å²) in [5.41, 5.74) is 0. The number of hydrogen-bond donors (Lipinski definition) is 1. The van der Waals surface area contributed by atoms with Crippen LogP contribution in [0, 0.1) is 0 Å². The first kappa shape index (κ1) is 15.9. The minimum absolute atomic E-state index is 0.111. The lowest BCUT2D eigenvalue weighted by molar-refractivity contribution is -0.140. The molecule has 3 heterocycles. The lowest BCUT2D eigenvalue weighted by Gasteiger charge is -2.42. The molecule has 1 aromatic heterocycles. The van der Waals surface area contributed by atoms with Gasteiger partial charge in [0.2, 0.25) is 5.91 Å². The van der Waals surface area contributed by atoms with Gasteiger partial charge in [-0.2, -0.15) is 0 Å². The number of carbonyl (C=O) groups is 1. The number of nitrogens with zero attached hydrogens (tertiary/aromatic N) is 3. The first-order chi connectivity index (χ1) is 10.7. The van der Waals surface area contributed by atoms with Crippen LogP contribution < -0.4 is 5.32 Å². The molecule has 0 aromatic carbocycles. The number of amides is 1. The molecule has 0 bridgehead atoms. The van der Waals surface area contributed by atoms with Gasteiger partial charge in [0.25, 0.3) is 0 Å². The molecule has 122 valence electrons. The third kappa shape index (κ3) is 3.35. The van der Waals surface area contributed by atoms with E-state index in [1.165, 1.54) is 4.88 Å². The number of hydrogen-bond acceptors (Lipinski definition) is 5. The molecule has 2 unspecified atom stereocenters. The van der Waals surface area contributed by atoms with Gasteiger partial charge in [-0.15, -0.1) is 11.3 Å². The Morgan fingerprint density at radius 1 is 1.32 bits per heavy atom. The van der Waals surface area contributed by atoms with Crippen LogP contribution in [0.15, 0.2) is 17.5 Å². The number of likely N-dealkylation sites (N-methyl/N-ethyl adjacent to an activating group) is 1. The summed E-state index contributed by atoms with van der Waals surface area (Å²) in [5.74, 6) is 0.282. The second-order valence-corrected chi connectivity index (χ2v) is 7.32. The lowest BCUT2D eigenvalue weighted by Crippen LogP contribution is -2.56. The van der Waals surface area contributed by atoms with E-state index in [0.29, 0.717) is 6.04 Å². The van der Waals surface area contributed by atoms with Gasteiger partial charge in [-0.05, 0) is 25.4 Å². The van der Waals surface area contributed by atoms with E-state index in [2.05, 4.69) is 51.5 Å². The van der Waals surface area contributed by atoms with Crippen molar-refractivity contribution in [2.75, 3.05) is 52.9 Å². The van der Waals surface area contributed by atoms with E-state index in [-0.39, 0.29) is 11.9 Å². The summed E-state index contributed by atoms with van der Waals surface area (Å²) in [6.07, 6.45) is 0. The van der Waals surface area contributed by atoms with Crippen LogP contribution in [0.1, 0.15) is 17.8 Å². The summed E-state index contributed by atoms with van der Waals surface area (Å²) >= 11 is 1.70. The first-order valence-electron chi connectivity index (χ1n) is 8.14. The molecular formula is C16H26N4OS. The fourth-order valence-corrected chi connectivity index (χ4v) is 4.15. The molecule has 1 N–H and O–H groups in total. The highest BCUT2D eigenvalue weighted by Crippen LogP contribution is 2.29. The Bertz CT molecular complexity index is 484. The van der Waals surface area contributed by atoms with E-state index >= 15 is 0 Å². The van der Waals surface area contributed by atoms with Crippen LogP contribution in [-0.2, 0) is 4.79 Å². The van der Waals surface area contributed by atoms with Crippen molar-refractivity contribution in [1.29, 1.82) is 0 Å². The van der Waals surface area contributed by atoms with Gasteiger partial charge < -0.3 is 15.1 Å². The monoisotopic (exact) mass is 322 g/mol. The number of thiophene rings is 1. The van der Waals surface area contributed by atoms with Gasteiger partial charge in [0.1, 0.15) is 6.04 Å².